The second-order valence-electron chi connectivity index (χ2n) is 5.93. The molecule has 0 aliphatic carbocycles. The third-order valence-electron chi connectivity index (χ3n) is 4.22. The highest BCUT2D eigenvalue weighted by Crippen LogP contribution is 2.30. The molecule has 7 nitrogen and oxygen atoms in total. The Balaban J connectivity index is 1.63. The zero-order chi connectivity index (χ0) is 18.8. The van der Waals surface area contributed by atoms with Crippen LogP contribution < -0.4 is 10.1 Å². The Bertz CT molecular complexity index is 1090. The van der Waals surface area contributed by atoms with E-state index in [0.29, 0.717) is 5.69 Å². The van der Waals surface area contributed by atoms with Crippen LogP contribution >= 0.6 is 11.3 Å². The zero-order valence-electron chi connectivity index (χ0n) is 14.8. The molecule has 3 heterocycles. The van der Waals surface area contributed by atoms with E-state index in [0.717, 1.165) is 27.7 Å². The second-order valence-corrected chi connectivity index (χ2v) is 6.77. The minimum atomic E-state index is -0.229. The predicted molar refractivity (Wildman–Crippen MR) is 103 cm³/mol. The molecule has 1 unspecified atom stereocenters. The van der Waals surface area contributed by atoms with E-state index >= 15 is 0 Å². The highest BCUT2D eigenvalue weighted by Gasteiger charge is 2.19. The number of carbonyl (C=O) groups excluding carboxylic acids is 1. The second kappa shape index (κ2) is 7.16. The number of para-hydroxylation sites is 1. The number of aromatic nitrogens is 4. The molecule has 4 rings (SSSR count). The number of hydrogen-bond acceptors (Lipinski definition) is 6. The monoisotopic (exact) mass is 379 g/mol. The quantitative estimate of drug-likeness (QED) is 0.575. The van der Waals surface area contributed by atoms with E-state index in [2.05, 4.69) is 20.3 Å². The smallest absolute Gasteiger partial charge is 0.269 e. The van der Waals surface area contributed by atoms with Gasteiger partial charge in [-0.05, 0) is 25.1 Å². The highest BCUT2D eigenvalue weighted by molar-refractivity contribution is 7.15. The molecule has 3 aromatic heterocycles. The predicted octanol–water partition coefficient (Wildman–Crippen LogP) is 3.35. The van der Waals surface area contributed by atoms with Crippen molar-refractivity contribution in [3.05, 3.63) is 65.8 Å². The maximum atomic E-state index is 12.8. The van der Waals surface area contributed by atoms with Crippen LogP contribution in [0.5, 0.6) is 5.75 Å². The van der Waals surface area contributed by atoms with Crippen LogP contribution in [0.2, 0.25) is 0 Å². The molecule has 0 saturated heterocycles. The van der Waals surface area contributed by atoms with Gasteiger partial charge in [-0.3, -0.25) is 9.20 Å². The topological polar surface area (TPSA) is 81.4 Å². The van der Waals surface area contributed by atoms with Gasteiger partial charge < -0.3 is 10.1 Å². The van der Waals surface area contributed by atoms with E-state index in [1.165, 1.54) is 17.7 Å². The molecule has 1 atom stereocenters. The first kappa shape index (κ1) is 17.2. The van der Waals surface area contributed by atoms with Crippen LogP contribution in [0.4, 0.5) is 0 Å². The van der Waals surface area contributed by atoms with Crippen molar-refractivity contribution in [2.75, 3.05) is 7.11 Å². The third kappa shape index (κ3) is 3.26. The van der Waals surface area contributed by atoms with Gasteiger partial charge in [0.05, 0.1) is 24.5 Å². The molecule has 0 saturated carbocycles. The van der Waals surface area contributed by atoms with E-state index in [1.54, 1.807) is 29.2 Å². The van der Waals surface area contributed by atoms with Gasteiger partial charge in [-0.15, -0.1) is 11.3 Å². The number of benzene rings is 1. The molecule has 1 N–H and O–H groups in total. The SMILES string of the molecule is COc1ccccc1-c1cn2c(C(=O)NC(C)c3ccncn3)csc2n1. The summed E-state index contributed by atoms with van der Waals surface area (Å²) in [5.74, 6) is 0.558. The van der Waals surface area contributed by atoms with Crippen molar-refractivity contribution < 1.29 is 9.53 Å². The largest absolute Gasteiger partial charge is 0.496 e. The van der Waals surface area contributed by atoms with Crippen LogP contribution in [-0.4, -0.2) is 32.4 Å². The van der Waals surface area contributed by atoms with Crippen LogP contribution in [0.3, 0.4) is 0 Å². The Kier molecular flexibility index (Phi) is 4.55. The van der Waals surface area contributed by atoms with Gasteiger partial charge in [0, 0.05) is 23.3 Å². The van der Waals surface area contributed by atoms with Crippen molar-refractivity contribution in [1.82, 2.24) is 24.7 Å². The molecule has 0 spiro atoms. The number of imidazole rings is 1. The molecule has 0 bridgehead atoms. The molecular weight excluding hydrogens is 362 g/mol. The summed E-state index contributed by atoms with van der Waals surface area (Å²) < 4.78 is 7.21. The van der Waals surface area contributed by atoms with Gasteiger partial charge >= 0.3 is 0 Å². The van der Waals surface area contributed by atoms with E-state index in [1.807, 2.05) is 37.4 Å². The van der Waals surface area contributed by atoms with Crippen molar-refractivity contribution in [3.8, 4) is 17.0 Å². The first-order chi connectivity index (χ1) is 13.2. The third-order valence-corrected chi connectivity index (χ3v) is 5.06. The van der Waals surface area contributed by atoms with Gasteiger partial charge in [0.2, 0.25) is 0 Å². The number of thiazole rings is 1. The standard InChI is InChI=1S/C19H17N5O2S/c1-12(14-7-8-20-11-21-14)22-18(25)16-10-27-19-23-15(9-24(16)19)13-5-3-4-6-17(13)26-2/h3-12H,1-2H3,(H,22,25). The van der Waals surface area contributed by atoms with Crippen LogP contribution in [0, 0.1) is 0 Å². The Morgan fingerprint density at radius 1 is 1.30 bits per heavy atom. The molecule has 0 aliphatic heterocycles. The summed E-state index contributed by atoms with van der Waals surface area (Å²) in [6.45, 7) is 1.89. The fraction of sp³-hybridized carbons (Fsp3) is 0.158. The lowest BCUT2D eigenvalue weighted by Gasteiger charge is -2.12. The fourth-order valence-corrected chi connectivity index (χ4v) is 3.69. The zero-order valence-corrected chi connectivity index (χ0v) is 15.6. The Morgan fingerprint density at radius 3 is 2.93 bits per heavy atom. The Hall–Kier alpha value is -3.26. The molecule has 0 fully saturated rings. The van der Waals surface area contributed by atoms with Crippen molar-refractivity contribution >= 4 is 22.2 Å². The summed E-state index contributed by atoms with van der Waals surface area (Å²) in [4.78, 5) is 26.2. The summed E-state index contributed by atoms with van der Waals surface area (Å²) in [5.41, 5.74) is 2.93. The number of carbonyl (C=O) groups is 1. The van der Waals surface area contributed by atoms with Gasteiger partial charge in [-0.1, -0.05) is 12.1 Å². The highest BCUT2D eigenvalue weighted by atomic mass is 32.1. The normalized spacial score (nSPS) is 12.1. The Labute approximate surface area is 159 Å². The van der Waals surface area contributed by atoms with Gasteiger partial charge in [0.15, 0.2) is 4.96 Å². The van der Waals surface area contributed by atoms with Crippen LogP contribution in [0.25, 0.3) is 16.2 Å². The van der Waals surface area contributed by atoms with Gasteiger partial charge in [0.1, 0.15) is 17.8 Å². The van der Waals surface area contributed by atoms with Crippen molar-refractivity contribution in [1.29, 1.82) is 0 Å². The average Bonchev–Trinajstić information content (AvgIpc) is 3.29. The van der Waals surface area contributed by atoms with E-state index < -0.39 is 0 Å². The lowest BCUT2D eigenvalue weighted by molar-refractivity contribution is 0.0933. The minimum Gasteiger partial charge on any atom is -0.496 e. The molecule has 0 radical (unpaired) electrons. The average molecular weight is 379 g/mol. The van der Waals surface area contributed by atoms with Crippen LogP contribution in [0.15, 0.2) is 54.4 Å². The number of amides is 1. The van der Waals surface area contributed by atoms with Crippen molar-refractivity contribution in [2.45, 2.75) is 13.0 Å². The number of methoxy groups -OCH3 is 1. The Morgan fingerprint density at radius 2 is 2.15 bits per heavy atom. The molecular formula is C19H17N5O2S. The summed E-state index contributed by atoms with van der Waals surface area (Å²) >= 11 is 1.42. The van der Waals surface area contributed by atoms with Crippen LogP contribution in [0.1, 0.15) is 29.1 Å². The summed E-state index contributed by atoms with van der Waals surface area (Å²) in [7, 11) is 1.63. The molecule has 1 amide bonds. The summed E-state index contributed by atoms with van der Waals surface area (Å²) in [6, 6.07) is 9.23. The van der Waals surface area contributed by atoms with Crippen LogP contribution in [-0.2, 0) is 0 Å². The number of nitrogens with zero attached hydrogens (tertiary/aromatic N) is 4. The molecule has 1 aromatic carbocycles. The van der Waals surface area contributed by atoms with Crippen molar-refractivity contribution in [3.63, 3.8) is 0 Å². The van der Waals surface area contributed by atoms with E-state index in [4.69, 9.17) is 4.74 Å². The molecule has 27 heavy (non-hydrogen) atoms. The van der Waals surface area contributed by atoms with Gasteiger partial charge in [-0.25, -0.2) is 15.0 Å². The molecule has 8 heteroatoms. The lowest BCUT2D eigenvalue weighted by atomic mass is 10.1. The van der Waals surface area contributed by atoms with E-state index in [9.17, 15) is 4.79 Å². The fourth-order valence-electron chi connectivity index (χ4n) is 2.83. The van der Waals surface area contributed by atoms with E-state index in [-0.39, 0.29) is 11.9 Å². The maximum absolute atomic E-state index is 12.8. The number of ether oxygens (including phenoxy) is 1. The summed E-state index contributed by atoms with van der Waals surface area (Å²) in [6.07, 6.45) is 4.98. The lowest BCUT2D eigenvalue weighted by Crippen LogP contribution is -2.28. The molecule has 0 aliphatic rings. The molecule has 4 aromatic rings. The number of rotatable bonds is 5. The van der Waals surface area contributed by atoms with Gasteiger partial charge in [-0.2, -0.15) is 0 Å². The molecule has 136 valence electrons. The summed E-state index contributed by atoms with van der Waals surface area (Å²) in [5, 5.41) is 4.77. The first-order valence-electron chi connectivity index (χ1n) is 8.34. The number of nitrogens with one attached hydrogen (secondary N) is 1. The first-order valence-corrected chi connectivity index (χ1v) is 9.22. The maximum Gasteiger partial charge on any atom is 0.269 e. The van der Waals surface area contributed by atoms with Crippen molar-refractivity contribution in [2.24, 2.45) is 0 Å². The number of fused-ring (bicyclic) bond motifs is 1. The number of hydrogen-bond donors (Lipinski definition) is 1. The van der Waals surface area contributed by atoms with Gasteiger partial charge in [0.25, 0.3) is 5.91 Å². The minimum absolute atomic E-state index is 0.184.